The van der Waals surface area contributed by atoms with Crippen LogP contribution in [0.15, 0.2) is 0 Å². The molecule has 0 bridgehead atoms. The standard InChI is InChI=1S/C11H23NO2/c1-11(2,13)9-12(3)7-6-10-5-4-8-14-10/h10,13H,4-9H2,1-3H3. The van der Waals surface area contributed by atoms with E-state index in [1.54, 1.807) is 0 Å². The Morgan fingerprint density at radius 1 is 1.50 bits per heavy atom. The predicted molar refractivity (Wildman–Crippen MR) is 57.4 cm³/mol. The van der Waals surface area contributed by atoms with Gasteiger partial charge in [0, 0.05) is 19.7 Å². The molecule has 1 saturated heterocycles. The molecular formula is C11H23NO2. The number of hydrogen-bond acceptors (Lipinski definition) is 3. The molecule has 0 spiro atoms. The van der Waals surface area contributed by atoms with Crippen molar-refractivity contribution in [2.24, 2.45) is 0 Å². The third kappa shape index (κ3) is 4.94. The van der Waals surface area contributed by atoms with Crippen molar-refractivity contribution in [1.29, 1.82) is 0 Å². The van der Waals surface area contributed by atoms with Crippen LogP contribution in [-0.2, 0) is 4.74 Å². The Morgan fingerprint density at radius 3 is 2.71 bits per heavy atom. The van der Waals surface area contributed by atoms with E-state index in [-0.39, 0.29) is 0 Å². The Morgan fingerprint density at radius 2 is 2.21 bits per heavy atom. The summed E-state index contributed by atoms with van der Waals surface area (Å²) < 4.78 is 5.54. The maximum Gasteiger partial charge on any atom is 0.0718 e. The smallest absolute Gasteiger partial charge is 0.0718 e. The molecule has 1 heterocycles. The van der Waals surface area contributed by atoms with Gasteiger partial charge in [0.2, 0.25) is 0 Å². The quantitative estimate of drug-likeness (QED) is 0.727. The van der Waals surface area contributed by atoms with Gasteiger partial charge in [-0.15, -0.1) is 0 Å². The summed E-state index contributed by atoms with van der Waals surface area (Å²) in [6.45, 7) is 6.35. The van der Waals surface area contributed by atoms with Gasteiger partial charge < -0.3 is 14.7 Å². The van der Waals surface area contributed by atoms with Crippen molar-refractivity contribution in [3.8, 4) is 0 Å². The monoisotopic (exact) mass is 201 g/mol. The molecule has 0 aromatic rings. The van der Waals surface area contributed by atoms with Crippen LogP contribution in [0.3, 0.4) is 0 Å². The fraction of sp³-hybridized carbons (Fsp3) is 1.00. The van der Waals surface area contributed by atoms with Gasteiger partial charge in [-0.25, -0.2) is 0 Å². The van der Waals surface area contributed by atoms with Gasteiger partial charge >= 0.3 is 0 Å². The molecule has 0 aliphatic carbocycles. The summed E-state index contributed by atoms with van der Waals surface area (Å²) in [4.78, 5) is 2.17. The maximum atomic E-state index is 9.61. The average molecular weight is 201 g/mol. The first-order valence-corrected chi connectivity index (χ1v) is 5.50. The lowest BCUT2D eigenvalue weighted by Gasteiger charge is -2.26. The molecule has 0 radical (unpaired) electrons. The highest BCUT2D eigenvalue weighted by Gasteiger charge is 2.18. The summed E-state index contributed by atoms with van der Waals surface area (Å²) in [6.07, 6.45) is 3.96. The first-order chi connectivity index (χ1) is 6.47. The Labute approximate surface area is 87.1 Å². The second-order valence-corrected chi connectivity index (χ2v) is 4.97. The van der Waals surface area contributed by atoms with E-state index in [0.29, 0.717) is 6.10 Å². The lowest BCUT2D eigenvalue weighted by Crippen LogP contribution is -2.37. The Kier molecular flexibility index (Phi) is 4.35. The highest BCUT2D eigenvalue weighted by atomic mass is 16.5. The van der Waals surface area contributed by atoms with Crippen LogP contribution in [0.4, 0.5) is 0 Å². The van der Waals surface area contributed by atoms with Crippen LogP contribution >= 0.6 is 0 Å². The van der Waals surface area contributed by atoms with E-state index in [4.69, 9.17) is 4.74 Å². The largest absolute Gasteiger partial charge is 0.389 e. The van der Waals surface area contributed by atoms with Crippen LogP contribution in [0.5, 0.6) is 0 Å². The number of hydrogen-bond donors (Lipinski definition) is 1. The van der Waals surface area contributed by atoms with E-state index in [1.807, 2.05) is 20.9 Å². The minimum Gasteiger partial charge on any atom is -0.389 e. The zero-order valence-electron chi connectivity index (χ0n) is 9.62. The molecule has 84 valence electrons. The number of nitrogens with zero attached hydrogens (tertiary/aromatic N) is 1. The lowest BCUT2D eigenvalue weighted by molar-refractivity contribution is 0.0364. The van der Waals surface area contributed by atoms with Crippen LogP contribution < -0.4 is 0 Å². The Hall–Kier alpha value is -0.120. The van der Waals surface area contributed by atoms with Crippen molar-refractivity contribution in [2.45, 2.75) is 44.8 Å². The molecule has 1 N–H and O–H groups in total. The number of rotatable bonds is 5. The van der Waals surface area contributed by atoms with Crippen molar-refractivity contribution >= 4 is 0 Å². The van der Waals surface area contributed by atoms with E-state index >= 15 is 0 Å². The first-order valence-electron chi connectivity index (χ1n) is 5.50. The van der Waals surface area contributed by atoms with E-state index in [0.717, 1.165) is 26.1 Å². The molecule has 14 heavy (non-hydrogen) atoms. The lowest BCUT2D eigenvalue weighted by atomic mass is 10.1. The molecular weight excluding hydrogens is 178 g/mol. The summed E-state index contributed by atoms with van der Waals surface area (Å²) in [6, 6.07) is 0. The topological polar surface area (TPSA) is 32.7 Å². The highest BCUT2D eigenvalue weighted by molar-refractivity contribution is 4.72. The van der Waals surface area contributed by atoms with Gasteiger partial charge in [0.25, 0.3) is 0 Å². The Bertz CT molecular complexity index is 159. The molecule has 1 unspecified atom stereocenters. The minimum atomic E-state index is -0.592. The van der Waals surface area contributed by atoms with Crippen LogP contribution in [-0.4, -0.2) is 48.5 Å². The summed E-state index contributed by atoms with van der Waals surface area (Å²) >= 11 is 0. The van der Waals surface area contributed by atoms with Gasteiger partial charge in [-0.05, 0) is 40.2 Å². The van der Waals surface area contributed by atoms with Gasteiger partial charge in [-0.1, -0.05) is 0 Å². The molecule has 1 aliphatic rings. The van der Waals surface area contributed by atoms with E-state index in [9.17, 15) is 5.11 Å². The number of ether oxygens (including phenoxy) is 1. The van der Waals surface area contributed by atoms with Gasteiger partial charge in [0.15, 0.2) is 0 Å². The molecule has 1 aliphatic heterocycles. The van der Waals surface area contributed by atoms with Crippen LogP contribution in [0.25, 0.3) is 0 Å². The minimum absolute atomic E-state index is 0.458. The fourth-order valence-electron chi connectivity index (χ4n) is 1.98. The third-order valence-corrected chi connectivity index (χ3v) is 2.51. The number of aliphatic hydroxyl groups is 1. The molecule has 1 fully saturated rings. The second kappa shape index (κ2) is 5.10. The van der Waals surface area contributed by atoms with Gasteiger partial charge in [-0.3, -0.25) is 0 Å². The average Bonchev–Trinajstić information content (AvgIpc) is 2.49. The van der Waals surface area contributed by atoms with E-state index in [1.165, 1.54) is 12.8 Å². The Balaban J connectivity index is 2.11. The second-order valence-electron chi connectivity index (χ2n) is 4.97. The molecule has 0 saturated carbocycles. The van der Waals surface area contributed by atoms with Crippen LogP contribution in [0.1, 0.15) is 33.1 Å². The molecule has 0 aromatic carbocycles. The van der Waals surface area contributed by atoms with Crippen molar-refractivity contribution in [3.05, 3.63) is 0 Å². The SMILES string of the molecule is CN(CCC1CCCO1)CC(C)(C)O. The van der Waals surface area contributed by atoms with Crippen LogP contribution in [0.2, 0.25) is 0 Å². The van der Waals surface area contributed by atoms with Gasteiger partial charge in [0.1, 0.15) is 0 Å². The fourth-order valence-corrected chi connectivity index (χ4v) is 1.98. The first kappa shape index (κ1) is 12.0. The predicted octanol–water partition coefficient (Wildman–Crippen LogP) is 1.26. The number of likely N-dealkylation sites (N-methyl/N-ethyl adjacent to an activating group) is 1. The van der Waals surface area contributed by atoms with Crippen LogP contribution in [0, 0.1) is 0 Å². The zero-order valence-corrected chi connectivity index (χ0v) is 9.62. The van der Waals surface area contributed by atoms with Crippen molar-refractivity contribution in [1.82, 2.24) is 4.90 Å². The summed E-state index contributed by atoms with van der Waals surface area (Å²) in [5.74, 6) is 0. The molecule has 0 aromatic heterocycles. The zero-order chi connectivity index (χ0) is 10.6. The highest BCUT2D eigenvalue weighted by Crippen LogP contribution is 2.15. The molecule has 1 rings (SSSR count). The molecule has 3 heteroatoms. The summed E-state index contributed by atoms with van der Waals surface area (Å²) in [7, 11) is 2.05. The van der Waals surface area contributed by atoms with E-state index in [2.05, 4.69) is 4.90 Å². The van der Waals surface area contributed by atoms with Crippen molar-refractivity contribution in [3.63, 3.8) is 0 Å². The molecule has 1 atom stereocenters. The molecule has 3 nitrogen and oxygen atoms in total. The summed E-state index contributed by atoms with van der Waals surface area (Å²) in [5, 5.41) is 9.61. The summed E-state index contributed by atoms with van der Waals surface area (Å²) in [5.41, 5.74) is -0.592. The normalized spacial score (nSPS) is 23.4. The van der Waals surface area contributed by atoms with Crippen molar-refractivity contribution in [2.75, 3.05) is 26.7 Å². The molecule has 0 amide bonds. The maximum absolute atomic E-state index is 9.61. The van der Waals surface area contributed by atoms with Crippen molar-refractivity contribution < 1.29 is 9.84 Å². The van der Waals surface area contributed by atoms with Gasteiger partial charge in [0.05, 0.1) is 11.7 Å². The van der Waals surface area contributed by atoms with E-state index < -0.39 is 5.60 Å². The third-order valence-electron chi connectivity index (χ3n) is 2.51. The van der Waals surface area contributed by atoms with Gasteiger partial charge in [-0.2, -0.15) is 0 Å².